The third-order valence-electron chi connectivity index (χ3n) is 4.75. The number of fused-ring (bicyclic) bond motifs is 1. The number of benzene rings is 2. The zero-order valence-electron chi connectivity index (χ0n) is 15.1. The normalized spacial score (nSPS) is 15.6. The van der Waals surface area contributed by atoms with Crippen molar-refractivity contribution in [2.45, 2.75) is 4.90 Å². The maximum absolute atomic E-state index is 13.9. The number of piperazine rings is 1. The molecule has 1 aromatic heterocycles. The average Bonchev–Trinajstić information content (AvgIpc) is 2.73. The number of rotatable bonds is 3. The molecule has 1 amide bonds. The van der Waals surface area contributed by atoms with Crippen LogP contribution in [-0.2, 0) is 10.0 Å². The molecule has 7 nitrogen and oxygen atoms in total. The van der Waals surface area contributed by atoms with Crippen LogP contribution < -0.4 is 0 Å². The standard InChI is InChI=1S/C19H16F2N4O3S/c20-13-1-3-15(4-2-13)29(27,28)25-9-7-24(8-10-25)19(26)16-11-14(21)12-17-18(16)23-6-5-22-17/h1-6,11-12H,7-10H2. The molecule has 2 aromatic carbocycles. The molecule has 0 radical (unpaired) electrons. The summed E-state index contributed by atoms with van der Waals surface area (Å²) in [6.45, 7) is 0.420. The van der Waals surface area contributed by atoms with Crippen LogP contribution in [0.15, 0.2) is 53.7 Å². The van der Waals surface area contributed by atoms with Crippen molar-refractivity contribution >= 4 is 27.0 Å². The van der Waals surface area contributed by atoms with Gasteiger partial charge >= 0.3 is 0 Å². The van der Waals surface area contributed by atoms with Crippen LogP contribution in [0.25, 0.3) is 11.0 Å². The quantitative estimate of drug-likeness (QED) is 0.650. The summed E-state index contributed by atoms with van der Waals surface area (Å²) in [5.41, 5.74) is 0.650. The summed E-state index contributed by atoms with van der Waals surface area (Å²) in [4.78, 5) is 22.5. The first-order valence-electron chi connectivity index (χ1n) is 8.81. The van der Waals surface area contributed by atoms with Gasteiger partial charge in [0.25, 0.3) is 5.91 Å². The summed E-state index contributed by atoms with van der Waals surface area (Å²) < 4.78 is 53.6. The maximum atomic E-state index is 13.9. The van der Waals surface area contributed by atoms with Gasteiger partial charge in [0.05, 0.1) is 16.0 Å². The van der Waals surface area contributed by atoms with E-state index < -0.39 is 27.6 Å². The minimum atomic E-state index is -3.79. The number of nitrogens with zero attached hydrogens (tertiary/aromatic N) is 4. The second kappa shape index (κ2) is 7.45. The number of aromatic nitrogens is 2. The SMILES string of the molecule is O=C(c1cc(F)cc2nccnc12)N1CCN(S(=O)(=O)c2ccc(F)cc2)CC1. The highest BCUT2D eigenvalue weighted by molar-refractivity contribution is 7.89. The predicted octanol–water partition coefficient (Wildman–Crippen LogP) is 2.05. The van der Waals surface area contributed by atoms with Crippen LogP contribution in [-0.4, -0.2) is 59.7 Å². The van der Waals surface area contributed by atoms with Crippen molar-refractivity contribution in [1.29, 1.82) is 0 Å². The molecule has 1 aliphatic heterocycles. The van der Waals surface area contributed by atoms with Crippen molar-refractivity contribution < 1.29 is 22.0 Å². The third kappa shape index (κ3) is 3.68. The second-order valence-electron chi connectivity index (χ2n) is 6.53. The minimum Gasteiger partial charge on any atom is -0.336 e. The van der Waals surface area contributed by atoms with Crippen molar-refractivity contribution in [2.75, 3.05) is 26.2 Å². The first kappa shape index (κ1) is 19.3. The second-order valence-corrected chi connectivity index (χ2v) is 8.47. The molecule has 2 heterocycles. The average molecular weight is 418 g/mol. The van der Waals surface area contributed by atoms with Gasteiger partial charge in [-0.1, -0.05) is 0 Å². The van der Waals surface area contributed by atoms with E-state index >= 15 is 0 Å². The molecule has 150 valence electrons. The van der Waals surface area contributed by atoms with Crippen LogP contribution in [0.2, 0.25) is 0 Å². The van der Waals surface area contributed by atoms with Crippen LogP contribution in [0, 0.1) is 11.6 Å². The Bertz CT molecular complexity index is 1180. The van der Waals surface area contributed by atoms with Gasteiger partial charge in [-0.3, -0.25) is 14.8 Å². The monoisotopic (exact) mass is 418 g/mol. The number of amides is 1. The molecule has 0 unspecified atom stereocenters. The van der Waals surface area contributed by atoms with E-state index in [9.17, 15) is 22.0 Å². The summed E-state index contributed by atoms with van der Waals surface area (Å²) in [6, 6.07) is 6.90. The molecule has 4 rings (SSSR count). The van der Waals surface area contributed by atoms with E-state index in [4.69, 9.17) is 0 Å². The fourth-order valence-corrected chi connectivity index (χ4v) is 4.68. The lowest BCUT2D eigenvalue weighted by atomic mass is 10.1. The van der Waals surface area contributed by atoms with Crippen molar-refractivity contribution in [3.63, 3.8) is 0 Å². The van der Waals surface area contributed by atoms with Crippen LogP contribution in [0.3, 0.4) is 0 Å². The molecule has 1 aliphatic rings. The summed E-state index contributed by atoms with van der Waals surface area (Å²) in [7, 11) is -3.79. The molecule has 3 aromatic rings. The van der Waals surface area contributed by atoms with E-state index in [1.807, 2.05) is 0 Å². The Kier molecular flexibility index (Phi) is 4.97. The van der Waals surface area contributed by atoms with Crippen LogP contribution in [0.4, 0.5) is 8.78 Å². The van der Waals surface area contributed by atoms with Crippen molar-refractivity contribution in [1.82, 2.24) is 19.2 Å². The van der Waals surface area contributed by atoms with E-state index in [0.717, 1.165) is 18.2 Å². The number of hydrogen-bond donors (Lipinski definition) is 0. The Labute approximate surface area is 165 Å². The summed E-state index contributed by atoms with van der Waals surface area (Å²) in [5.74, 6) is -1.56. The molecule has 0 atom stereocenters. The summed E-state index contributed by atoms with van der Waals surface area (Å²) in [6.07, 6.45) is 2.83. The van der Waals surface area contributed by atoms with E-state index in [1.165, 1.54) is 39.8 Å². The topological polar surface area (TPSA) is 83.5 Å². The lowest BCUT2D eigenvalue weighted by Crippen LogP contribution is -2.50. The molecule has 0 N–H and O–H groups in total. The number of hydrogen-bond acceptors (Lipinski definition) is 5. The lowest BCUT2D eigenvalue weighted by molar-refractivity contribution is 0.0699. The number of carbonyl (C=O) groups is 1. The van der Waals surface area contributed by atoms with Gasteiger partial charge in [0.2, 0.25) is 10.0 Å². The van der Waals surface area contributed by atoms with Gasteiger partial charge in [0.15, 0.2) is 0 Å². The van der Waals surface area contributed by atoms with Gasteiger partial charge in [-0.05, 0) is 30.3 Å². The Morgan fingerprint density at radius 1 is 0.897 bits per heavy atom. The van der Waals surface area contributed by atoms with Gasteiger partial charge in [-0.25, -0.2) is 17.2 Å². The highest BCUT2D eigenvalue weighted by Gasteiger charge is 2.31. The van der Waals surface area contributed by atoms with Crippen LogP contribution >= 0.6 is 0 Å². The molecule has 1 fully saturated rings. The molecule has 1 saturated heterocycles. The number of sulfonamides is 1. The molecule has 10 heteroatoms. The molecule has 0 aliphatic carbocycles. The Hall–Kier alpha value is -2.98. The van der Waals surface area contributed by atoms with Crippen molar-refractivity contribution in [3.8, 4) is 0 Å². The molecular formula is C19H16F2N4O3S. The maximum Gasteiger partial charge on any atom is 0.256 e. The molecule has 0 spiro atoms. The zero-order chi connectivity index (χ0) is 20.6. The fourth-order valence-electron chi connectivity index (χ4n) is 3.26. The number of carbonyl (C=O) groups excluding carboxylic acids is 1. The zero-order valence-corrected chi connectivity index (χ0v) is 15.9. The Morgan fingerprint density at radius 3 is 2.24 bits per heavy atom. The highest BCUT2D eigenvalue weighted by atomic mass is 32.2. The third-order valence-corrected chi connectivity index (χ3v) is 6.66. The van der Waals surface area contributed by atoms with E-state index in [1.54, 1.807) is 0 Å². The van der Waals surface area contributed by atoms with Crippen molar-refractivity contribution in [2.24, 2.45) is 0 Å². The molecule has 29 heavy (non-hydrogen) atoms. The van der Waals surface area contributed by atoms with Crippen molar-refractivity contribution in [3.05, 3.63) is 66.0 Å². The van der Waals surface area contributed by atoms with Gasteiger partial charge < -0.3 is 4.90 Å². The fraction of sp³-hybridized carbons (Fsp3) is 0.211. The van der Waals surface area contributed by atoms with E-state index in [0.29, 0.717) is 5.52 Å². The molecule has 0 bridgehead atoms. The van der Waals surface area contributed by atoms with Gasteiger partial charge in [0, 0.05) is 44.6 Å². The smallest absolute Gasteiger partial charge is 0.256 e. The first-order chi connectivity index (χ1) is 13.9. The van der Waals surface area contributed by atoms with Crippen LogP contribution in [0.5, 0.6) is 0 Å². The number of halogens is 2. The molecule has 0 saturated carbocycles. The van der Waals surface area contributed by atoms with Gasteiger partial charge in [-0.15, -0.1) is 0 Å². The Morgan fingerprint density at radius 2 is 1.55 bits per heavy atom. The first-order valence-corrected chi connectivity index (χ1v) is 10.3. The van der Waals surface area contributed by atoms with Gasteiger partial charge in [0.1, 0.15) is 17.2 Å². The highest BCUT2D eigenvalue weighted by Crippen LogP contribution is 2.21. The summed E-state index contributed by atoms with van der Waals surface area (Å²) >= 11 is 0. The predicted molar refractivity (Wildman–Crippen MR) is 101 cm³/mol. The summed E-state index contributed by atoms with van der Waals surface area (Å²) in [5, 5.41) is 0. The minimum absolute atomic E-state index is 0.00919. The Balaban J connectivity index is 1.53. The van der Waals surface area contributed by atoms with Gasteiger partial charge in [-0.2, -0.15) is 4.31 Å². The largest absolute Gasteiger partial charge is 0.336 e. The van der Waals surface area contributed by atoms with E-state index in [-0.39, 0.29) is 42.2 Å². The van der Waals surface area contributed by atoms with Crippen LogP contribution in [0.1, 0.15) is 10.4 Å². The molecular weight excluding hydrogens is 402 g/mol. The van der Waals surface area contributed by atoms with E-state index in [2.05, 4.69) is 9.97 Å². The lowest BCUT2D eigenvalue weighted by Gasteiger charge is -2.34.